The van der Waals surface area contributed by atoms with Crippen LogP contribution in [0.5, 0.6) is 5.75 Å². The van der Waals surface area contributed by atoms with Crippen LogP contribution in [-0.4, -0.2) is 33.3 Å². The highest BCUT2D eigenvalue weighted by molar-refractivity contribution is 5.94. The van der Waals surface area contributed by atoms with Crippen LogP contribution in [0, 0.1) is 13.8 Å². The van der Waals surface area contributed by atoms with Gasteiger partial charge in [0.1, 0.15) is 24.3 Å². The smallest absolute Gasteiger partial charge is 0.251 e. The number of aromatic nitrogens is 2. The van der Waals surface area contributed by atoms with E-state index in [1.54, 1.807) is 12.1 Å². The van der Waals surface area contributed by atoms with Crippen molar-refractivity contribution in [3.8, 4) is 5.75 Å². The number of nitrogens with one attached hydrogen (secondary N) is 1. The number of aryl methyl sites for hydroxylation is 2. The number of hydrogen-bond acceptors (Lipinski definition) is 4. The van der Waals surface area contributed by atoms with Crippen LogP contribution < -0.4 is 10.1 Å². The lowest BCUT2D eigenvalue weighted by molar-refractivity contribution is 0.0914. The number of rotatable bonds is 8. The Kier molecular flexibility index (Phi) is 6.52. The van der Waals surface area contributed by atoms with E-state index in [0.717, 1.165) is 22.3 Å². The summed E-state index contributed by atoms with van der Waals surface area (Å²) < 4.78 is 7.80. The molecular weight excluding hydrogens is 402 g/mol. The van der Waals surface area contributed by atoms with E-state index < -0.39 is 6.10 Å². The Balaban J connectivity index is 1.47. The predicted molar refractivity (Wildman–Crippen MR) is 125 cm³/mol. The van der Waals surface area contributed by atoms with E-state index in [-0.39, 0.29) is 19.1 Å². The van der Waals surface area contributed by atoms with Crippen LogP contribution in [0.3, 0.4) is 0 Å². The van der Waals surface area contributed by atoms with Gasteiger partial charge >= 0.3 is 0 Å². The Bertz CT molecular complexity index is 1220. The van der Waals surface area contributed by atoms with E-state index >= 15 is 0 Å². The molecule has 0 aliphatic rings. The molecule has 0 fully saturated rings. The third-order valence-corrected chi connectivity index (χ3v) is 5.33. The van der Waals surface area contributed by atoms with Gasteiger partial charge < -0.3 is 19.7 Å². The fourth-order valence-electron chi connectivity index (χ4n) is 3.73. The third-order valence-electron chi connectivity index (χ3n) is 5.33. The minimum Gasteiger partial charge on any atom is -0.491 e. The fourth-order valence-corrected chi connectivity index (χ4v) is 3.73. The van der Waals surface area contributed by atoms with Crippen LogP contribution >= 0.6 is 0 Å². The Labute approximate surface area is 187 Å². The summed E-state index contributed by atoms with van der Waals surface area (Å²) in [4.78, 5) is 17.1. The molecule has 0 spiro atoms. The van der Waals surface area contributed by atoms with Crippen molar-refractivity contribution in [2.45, 2.75) is 33.0 Å². The van der Waals surface area contributed by atoms with Crippen molar-refractivity contribution < 1.29 is 14.6 Å². The maximum absolute atomic E-state index is 12.5. The molecule has 1 amide bonds. The van der Waals surface area contributed by atoms with Crippen molar-refractivity contribution in [3.63, 3.8) is 0 Å². The molecule has 2 N–H and O–H groups in total. The Morgan fingerprint density at radius 3 is 2.59 bits per heavy atom. The average Bonchev–Trinajstić information content (AvgIpc) is 3.14. The number of carbonyl (C=O) groups excluding carboxylic acids is 1. The van der Waals surface area contributed by atoms with Gasteiger partial charge in [0.05, 0.1) is 24.1 Å². The molecule has 0 aliphatic carbocycles. The Morgan fingerprint density at radius 2 is 1.81 bits per heavy atom. The van der Waals surface area contributed by atoms with Gasteiger partial charge in [0.15, 0.2) is 0 Å². The van der Waals surface area contributed by atoms with Gasteiger partial charge in [-0.3, -0.25) is 4.79 Å². The van der Waals surface area contributed by atoms with E-state index in [1.165, 1.54) is 5.56 Å². The summed E-state index contributed by atoms with van der Waals surface area (Å²) in [6.07, 6.45) is -0.739. The molecule has 4 rings (SSSR count). The number of imidazole rings is 1. The minimum atomic E-state index is -0.739. The topological polar surface area (TPSA) is 76.4 Å². The van der Waals surface area contributed by atoms with E-state index in [2.05, 4.69) is 16.4 Å². The van der Waals surface area contributed by atoms with Crippen LogP contribution in [0.25, 0.3) is 11.0 Å². The molecule has 3 aromatic carbocycles. The van der Waals surface area contributed by atoms with Crippen molar-refractivity contribution >= 4 is 16.9 Å². The lowest BCUT2D eigenvalue weighted by Gasteiger charge is -2.17. The Morgan fingerprint density at radius 1 is 1.06 bits per heavy atom. The molecule has 1 atom stereocenters. The number of amides is 1. The van der Waals surface area contributed by atoms with Gasteiger partial charge in [0, 0.05) is 5.56 Å². The summed E-state index contributed by atoms with van der Waals surface area (Å²) in [5.74, 6) is 1.28. The van der Waals surface area contributed by atoms with Crippen molar-refractivity contribution in [1.29, 1.82) is 0 Å². The zero-order valence-electron chi connectivity index (χ0n) is 18.3. The molecule has 6 heteroatoms. The summed E-state index contributed by atoms with van der Waals surface area (Å²) in [5, 5.41) is 13.6. The number of nitrogens with zero attached hydrogens (tertiary/aromatic N) is 2. The van der Waals surface area contributed by atoms with Crippen molar-refractivity contribution in [2.75, 3.05) is 6.61 Å². The maximum atomic E-state index is 12.5. The summed E-state index contributed by atoms with van der Waals surface area (Å²) in [6.45, 7) is 4.75. The Hall–Kier alpha value is -3.64. The van der Waals surface area contributed by atoms with Crippen LogP contribution in [0.1, 0.15) is 27.3 Å². The lowest BCUT2D eigenvalue weighted by Crippen LogP contribution is -2.28. The van der Waals surface area contributed by atoms with Crippen molar-refractivity contribution in [2.24, 2.45) is 0 Å². The first-order valence-corrected chi connectivity index (χ1v) is 10.7. The summed E-state index contributed by atoms with van der Waals surface area (Å²) in [7, 11) is 0. The van der Waals surface area contributed by atoms with Crippen LogP contribution in [0.2, 0.25) is 0 Å². The van der Waals surface area contributed by atoms with Crippen molar-refractivity contribution in [1.82, 2.24) is 14.9 Å². The van der Waals surface area contributed by atoms with E-state index in [9.17, 15) is 9.90 Å². The normalized spacial score (nSPS) is 12.0. The number of carbonyl (C=O) groups is 1. The minimum absolute atomic E-state index is 0.159. The number of hydrogen-bond donors (Lipinski definition) is 2. The standard InChI is InChI=1S/C26H27N3O3/c1-18-12-13-24(19(2)14-18)32-17-21(30)16-29-23-11-7-6-10-22(23)28-25(29)15-27-26(31)20-8-4-3-5-9-20/h3-14,21,30H,15-17H2,1-2H3,(H,27,31). The monoisotopic (exact) mass is 429 g/mol. The molecule has 1 heterocycles. The molecule has 0 saturated heterocycles. The van der Waals surface area contributed by atoms with Crippen LogP contribution in [0.15, 0.2) is 72.8 Å². The molecule has 0 bridgehead atoms. The van der Waals surface area contributed by atoms with Gasteiger partial charge in [-0.2, -0.15) is 0 Å². The summed E-state index contributed by atoms with van der Waals surface area (Å²) >= 11 is 0. The second kappa shape index (κ2) is 9.66. The average molecular weight is 430 g/mol. The highest BCUT2D eigenvalue weighted by Crippen LogP contribution is 2.20. The maximum Gasteiger partial charge on any atom is 0.251 e. The third kappa shape index (κ3) is 4.98. The number of para-hydroxylation sites is 2. The molecule has 32 heavy (non-hydrogen) atoms. The van der Waals surface area contributed by atoms with E-state index in [4.69, 9.17) is 4.74 Å². The highest BCUT2D eigenvalue weighted by Gasteiger charge is 2.16. The zero-order chi connectivity index (χ0) is 22.5. The molecular formula is C26H27N3O3. The number of aliphatic hydroxyl groups is 1. The van der Waals surface area contributed by atoms with E-state index in [1.807, 2.05) is 73.0 Å². The SMILES string of the molecule is Cc1ccc(OCC(O)Cn2c(CNC(=O)c3ccccc3)nc3ccccc32)c(C)c1. The van der Waals surface area contributed by atoms with Gasteiger partial charge in [-0.25, -0.2) is 4.98 Å². The second-order valence-electron chi connectivity index (χ2n) is 7.91. The first-order valence-electron chi connectivity index (χ1n) is 10.7. The van der Waals surface area contributed by atoms with Gasteiger partial charge in [-0.05, 0) is 49.7 Å². The second-order valence-corrected chi connectivity index (χ2v) is 7.91. The largest absolute Gasteiger partial charge is 0.491 e. The number of aliphatic hydroxyl groups excluding tert-OH is 1. The predicted octanol–water partition coefficient (Wildman–Crippen LogP) is 4.02. The molecule has 4 aromatic rings. The van der Waals surface area contributed by atoms with E-state index in [0.29, 0.717) is 17.9 Å². The number of benzene rings is 3. The molecule has 0 radical (unpaired) electrons. The number of ether oxygens (including phenoxy) is 1. The first-order chi connectivity index (χ1) is 15.5. The van der Waals surface area contributed by atoms with Gasteiger partial charge in [-0.15, -0.1) is 0 Å². The van der Waals surface area contributed by atoms with Gasteiger partial charge in [-0.1, -0.05) is 48.0 Å². The highest BCUT2D eigenvalue weighted by atomic mass is 16.5. The first kappa shape index (κ1) is 21.6. The molecule has 6 nitrogen and oxygen atoms in total. The van der Waals surface area contributed by atoms with Crippen molar-refractivity contribution in [3.05, 3.63) is 95.3 Å². The molecule has 164 valence electrons. The fraction of sp³-hybridized carbons (Fsp3) is 0.231. The molecule has 0 saturated carbocycles. The summed E-state index contributed by atoms with van der Waals surface area (Å²) in [6, 6.07) is 22.8. The quantitative estimate of drug-likeness (QED) is 0.444. The van der Waals surface area contributed by atoms with Gasteiger partial charge in [0.2, 0.25) is 0 Å². The van der Waals surface area contributed by atoms with Gasteiger partial charge in [0.25, 0.3) is 5.91 Å². The number of fused-ring (bicyclic) bond motifs is 1. The zero-order valence-corrected chi connectivity index (χ0v) is 18.3. The molecule has 0 aliphatic heterocycles. The van der Waals surface area contributed by atoms with Crippen LogP contribution in [-0.2, 0) is 13.1 Å². The molecule has 1 unspecified atom stereocenters. The molecule has 1 aromatic heterocycles. The summed E-state index contributed by atoms with van der Waals surface area (Å²) in [5.41, 5.74) is 4.52. The lowest BCUT2D eigenvalue weighted by atomic mass is 10.1. The van der Waals surface area contributed by atoms with Crippen LogP contribution in [0.4, 0.5) is 0 Å².